The molecule has 1 amide bonds. The van der Waals surface area contributed by atoms with Crippen LogP contribution in [-0.2, 0) is 4.79 Å². The number of nitrogens with zero attached hydrogens (tertiary/aromatic N) is 2. The number of rotatable bonds is 7. The summed E-state index contributed by atoms with van der Waals surface area (Å²) in [6, 6.07) is 21.9. The molecule has 1 N–H and O–H groups in total. The average molecular weight is 380 g/mol. The zero-order valence-electron chi connectivity index (χ0n) is 17.3. The molecule has 2 unspecified atom stereocenters. The smallest absolute Gasteiger partial charge is 0.237 e. The van der Waals surface area contributed by atoms with E-state index in [1.807, 2.05) is 6.92 Å². The van der Waals surface area contributed by atoms with Crippen LogP contribution >= 0.6 is 0 Å². The summed E-state index contributed by atoms with van der Waals surface area (Å²) in [5.74, 6) is 0.144. The number of carbonyl (C=O) groups excluding carboxylic acids is 1. The number of amides is 1. The molecule has 1 aliphatic heterocycles. The normalized spacial score (nSPS) is 18.0. The number of piperazine rings is 1. The van der Waals surface area contributed by atoms with Crippen LogP contribution in [0.25, 0.3) is 0 Å². The molecule has 0 saturated carbocycles. The van der Waals surface area contributed by atoms with E-state index in [0.29, 0.717) is 0 Å². The molecule has 0 aliphatic carbocycles. The second-order valence-electron chi connectivity index (χ2n) is 7.79. The maximum atomic E-state index is 12.5. The van der Waals surface area contributed by atoms with Crippen LogP contribution in [0.3, 0.4) is 0 Å². The Bertz CT molecular complexity index is 687. The van der Waals surface area contributed by atoms with Crippen LogP contribution in [0.4, 0.5) is 0 Å². The van der Waals surface area contributed by atoms with Crippen LogP contribution in [0.5, 0.6) is 0 Å². The fourth-order valence-electron chi connectivity index (χ4n) is 3.90. The second-order valence-corrected chi connectivity index (χ2v) is 7.79. The minimum absolute atomic E-state index is 0.0805. The SMILES string of the molecule is CCC(C)NC(=O)C(C)N1CCN(C(c2ccccc2)c2ccccc2)CC1. The Morgan fingerprint density at radius 2 is 1.32 bits per heavy atom. The van der Waals surface area contributed by atoms with Crippen molar-refractivity contribution in [3.05, 3.63) is 71.8 Å². The van der Waals surface area contributed by atoms with Gasteiger partial charge < -0.3 is 5.32 Å². The lowest BCUT2D eigenvalue weighted by Crippen LogP contribution is -2.55. The molecule has 1 saturated heterocycles. The summed E-state index contributed by atoms with van der Waals surface area (Å²) >= 11 is 0. The van der Waals surface area contributed by atoms with Crippen molar-refractivity contribution >= 4 is 5.91 Å². The van der Waals surface area contributed by atoms with Gasteiger partial charge in [-0.25, -0.2) is 0 Å². The van der Waals surface area contributed by atoms with Crippen LogP contribution in [0, 0.1) is 0 Å². The number of carbonyl (C=O) groups is 1. The van der Waals surface area contributed by atoms with E-state index in [2.05, 4.69) is 89.6 Å². The molecule has 4 heteroatoms. The maximum Gasteiger partial charge on any atom is 0.237 e. The summed E-state index contributed by atoms with van der Waals surface area (Å²) < 4.78 is 0. The van der Waals surface area contributed by atoms with Crippen molar-refractivity contribution < 1.29 is 4.79 Å². The number of benzene rings is 2. The van der Waals surface area contributed by atoms with Gasteiger partial charge in [0.25, 0.3) is 0 Å². The molecule has 2 aromatic carbocycles. The lowest BCUT2D eigenvalue weighted by atomic mass is 9.96. The third-order valence-corrected chi connectivity index (χ3v) is 5.87. The van der Waals surface area contributed by atoms with Gasteiger partial charge in [-0.3, -0.25) is 14.6 Å². The molecule has 0 radical (unpaired) electrons. The minimum Gasteiger partial charge on any atom is -0.352 e. The van der Waals surface area contributed by atoms with Crippen molar-refractivity contribution in [1.29, 1.82) is 0 Å². The van der Waals surface area contributed by atoms with Crippen molar-refractivity contribution in [2.75, 3.05) is 26.2 Å². The van der Waals surface area contributed by atoms with Crippen LogP contribution in [0.2, 0.25) is 0 Å². The predicted octanol–water partition coefficient (Wildman–Crippen LogP) is 3.70. The third-order valence-electron chi connectivity index (χ3n) is 5.87. The van der Waals surface area contributed by atoms with Gasteiger partial charge in [0.05, 0.1) is 12.1 Å². The Morgan fingerprint density at radius 3 is 1.79 bits per heavy atom. The monoisotopic (exact) mass is 379 g/mol. The fourth-order valence-corrected chi connectivity index (χ4v) is 3.90. The van der Waals surface area contributed by atoms with Gasteiger partial charge in [0.1, 0.15) is 0 Å². The van der Waals surface area contributed by atoms with E-state index in [0.717, 1.165) is 32.6 Å². The highest BCUT2D eigenvalue weighted by Gasteiger charge is 2.30. The Morgan fingerprint density at radius 1 is 0.857 bits per heavy atom. The number of hydrogen-bond acceptors (Lipinski definition) is 3. The lowest BCUT2D eigenvalue weighted by Gasteiger charge is -2.41. The van der Waals surface area contributed by atoms with E-state index in [-0.39, 0.29) is 24.0 Å². The Kier molecular flexibility index (Phi) is 7.24. The van der Waals surface area contributed by atoms with E-state index in [4.69, 9.17) is 0 Å². The molecule has 0 bridgehead atoms. The quantitative estimate of drug-likeness (QED) is 0.797. The van der Waals surface area contributed by atoms with Gasteiger partial charge >= 0.3 is 0 Å². The highest BCUT2D eigenvalue weighted by molar-refractivity contribution is 5.81. The molecule has 1 fully saturated rings. The molecule has 2 aromatic rings. The lowest BCUT2D eigenvalue weighted by molar-refractivity contribution is -0.127. The van der Waals surface area contributed by atoms with Crippen molar-refractivity contribution in [2.24, 2.45) is 0 Å². The maximum absolute atomic E-state index is 12.5. The first kappa shape index (κ1) is 20.6. The number of hydrogen-bond donors (Lipinski definition) is 1. The molecule has 3 rings (SSSR count). The van der Waals surface area contributed by atoms with Crippen molar-refractivity contribution in [2.45, 2.75) is 45.3 Å². The largest absolute Gasteiger partial charge is 0.352 e. The van der Waals surface area contributed by atoms with Crippen molar-refractivity contribution in [1.82, 2.24) is 15.1 Å². The predicted molar refractivity (Wildman–Crippen MR) is 115 cm³/mol. The zero-order valence-corrected chi connectivity index (χ0v) is 17.3. The average Bonchev–Trinajstić information content (AvgIpc) is 2.75. The van der Waals surface area contributed by atoms with Crippen LogP contribution in [-0.4, -0.2) is 54.0 Å². The van der Waals surface area contributed by atoms with Gasteiger partial charge in [-0.15, -0.1) is 0 Å². The van der Waals surface area contributed by atoms with Crippen LogP contribution in [0.1, 0.15) is 44.4 Å². The molecule has 0 spiro atoms. The van der Waals surface area contributed by atoms with Crippen molar-refractivity contribution in [3.8, 4) is 0 Å². The molecule has 150 valence electrons. The highest BCUT2D eigenvalue weighted by atomic mass is 16.2. The summed E-state index contributed by atoms with van der Waals surface area (Å²) in [5.41, 5.74) is 2.65. The van der Waals surface area contributed by atoms with E-state index < -0.39 is 0 Å². The van der Waals surface area contributed by atoms with Crippen LogP contribution in [0.15, 0.2) is 60.7 Å². The zero-order chi connectivity index (χ0) is 19.9. The summed E-state index contributed by atoms with van der Waals surface area (Å²) in [6.07, 6.45) is 0.960. The van der Waals surface area contributed by atoms with Crippen molar-refractivity contribution in [3.63, 3.8) is 0 Å². The van der Waals surface area contributed by atoms with Crippen LogP contribution < -0.4 is 5.32 Å². The molecule has 2 atom stereocenters. The molecule has 4 nitrogen and oxygen atoms in total. The van der Waals surface area contributed by atoms with E-state index in [9.17, 15) is 4.79 Å². The Balaban J connectivity index is 1.68. The van der Waals surface area contributed by atoms with Gasteiger partial charge in [0, 0.05) is 32.2 Å². The minimum atomic E-state index is -0.0805. The summed E-state index contributed by atoms with van der Waals surface area (Å²) in [7, 11) is 0. The standard InChI is InChI=1S/C24H33N3O/c1-4-19(2)25-24(28)20(3)26-15-17-27(18-16-26)23(21-11-7-5-8-12-21)22-13-9-6-10-14-22/h5-14,19-20,23H,4,15-18H2,1-3H3,(H,25,28). The Hall–Kier alpha value is -2.17. The van der Waals surface area contributed by atoms with E-state index >= 15 is 0 Å². The third kappa shape index (κ3) is 5.00. The highest BCUT2D eigenvalue weighted by Crippen LogP contribution is 2.29. The topological polar surface area (TPSA) is 35.6 Å². The first-order chi connectivity index (χ1) is 13.6. The van der Waals surface area contributed by atoms with Gasteiger partial charge in [-0.1, -0.05) is 67.6 Å². The summed E-state index contributed by atoms with van der Waals surface area (Å²) in [6.45, 7) is 9.91. The number of nitrogens with one attached hydrogen (secondary N) is 1. The van der Waals surface area contributed by atoms with Gasteiger partial charge in [-0.05, 0) is 31.4 Å². The van der Waals surface area contributed by atoms with E-state index in [1.165, 1.54) is 11.1 Å². The molecular formula is C24H33N3O. The second kappa shape index (κ2) is 9.85. The molecular weight excluding hydrogens is 346 g/mol. The molecule has 1 heterocycles. The Labute approximate surface area is 169 Å². The first-order valence-electron chi connectivity index (χ1n) is 10.5. The molecule has 28 heavy (non-hydrogen) atoms. The van der Waals surface area contributed by atoms with Gasteiger partial charge in [-0.2, -0.15) is 0 Å². The first-order valence-corrected chi connectivity index (χ1v) is 10.5. The molecule has 0 aromatic heterocycles. The van der Waals surface area contributed by atoms with Gasteiger partial charge in [0.15, 0.2) is 0 Å². The molecule has 1 aliphatic rings. The summed E-state index contributed by atoms with van der Waals surface area (Å²) in [5, 5.41) is 3.12. The summed E-state index contributed by atoms with van der Waals surface area (Å²) in [4.78, 5) is 17.4. The van der Waals surface area contributed by atoms with Gasteiger partial charge in [0.2, 0.25) is 5.91 Å². The van der Waals surface area contributed by atoms with E-state index in [1.54, 1.807) is 0 Å². The fraction of sp³-hybridized carbons (Fsp3) is 0.458.